The van der Waals surface area contributed by atoms with Gasteiger partial charge >= 0.3 is 0 Å². The van der Waals surface area contributed by atoms with Crippen molar-refractivity contribution in [1.82, 2.24) is 19.7 Å². The van der Waals surface area contributed by atoms with E-state index in [-0.39, 0.29) is 7.47 Å². The number of aliphatic hydroxyl groups is 1. The molecule has 172 valence electrons. The molecule has 0 aliphatic carbocycles. The molecule has 1 aromatic heterocycles. The number of hydrogen-bond donors (Lipinski definition) is 3. The lowest BCUT2D eigenvalue weighted by molar-refractivity contribution is 0.0158. The number of nitrogens with one attached hydrogen (secondary N) is 1. The van der Waals surface area contributed by atoms with Gasteiger partial charge in [0.25, 0.3) is 0 Å². The lowest BCUT2D eigenvalue weighted by atomic mass is 9.99. The summed E-state index contributed by atoms with van der Waals surface area (Å²) in [5.41, 5.74) is 8.30. The number of aliphatic imine (C=N–C) groups is 1. The van der Waals surface area contributed by atoms with E-state index >= 15 is 0 Å². The van der Waals surface area contributed by atoms with E-state index in [1.54, 1.807) is 13.1 Å². The molecule has 0 spiro atoms. The fourth-order valence-corrected chi connectivity index (χ4v) is 3.88. The summed E-state index contributed by atoms with van der Waals surface area (Å²) in [5.74, 6) is 0. The second-order valence-electron chi connectivity index (χ2n) is 7.36. The molecule has 0 amide bonds. The molecule has 0 saturated carbocycles. The Morgan fingerprint density at radius 2 is 1.90 bits per heavy atom. The van der Waals surface area contributed by atoms with Crippen molar-refractivity contribution < 1.29 is 6.53 Å². The van der Waals surface area contributed by atoms with Crippen LogP contribution < -0.4 is 5.73 Å². The predicted octanol–water partition coefficient (Wildman–Crippen LogP) is 2.10. The van der Waals surface area contributed by atoms with Crippen LogP contribution in [0.15, 0.2) is 41.8 Å². The first-order chi connectivity index (χ1) is 15.0. The summed E-state index contributed by atoms with van der Waals surface area (Å²) in [5, 5.41) is 17.7. The number of likely N-dealkylation sites (tertiary alicyclic amines) is 1. The molecule has 2 unspecified atom stereocenters. The normalized spacial score (nSPS) is 21.8. The summed E-state index contributed by atoms with van der Waals surface area (Å²) in [6.45, 7) is 11.4. The van der Waals surface area contributed by atoms with Crippen LogP contribution in [0.3, 0.4) is 0 Å². The van der Waals surface area contributed by atoms with Crippen LogP contribution in [0.25, 0.3) is 0 Å². The van der Waals surface area contributed by atoms with Crippen molar-refractivity contribution in [2.24, 2.45) is 10.7 Å². The van der Waals surface area contributed by atoms with Crippen LogP contribution in [-0.2, 0) is 6.54 Å². The second-order valence-corrected chi connectivity index (χ2v) is 7.77. The molecular weight excluding hydrogens is 410 g/mol. The molecule has 4 N–H and O–H groups in total. The molecule has 31 heavy (non-hydrogen) atoms. The maximum Gasteiger partial charge on any atom is 0.166 e. The summed E-state index contributed by atoms with van der Waals surface area (Å²) in [7, 11) is 0. The van der Waals surface area contributed by atoms with Gasteiger partial charge < -0.3 is 21.1 Å². The van der Waals surface area contributed by atoms with Gasteiger partial charge in [0, 0.05) is 65.7 Å². The Labute approximate surface area is 192 Å². The summed E-state index contributed by atoms with van der Waals surface area (Å²) >= 11 is 4.96. The van der Waals surface area contributed by atoms with Crippen molar-refractivity contribution in [2.75, 3.05) is 32.7 Å². The Morgan fingerprint density at radius 1 is 1.26 bits per heavy atom. The molecule has 3 aliphatic rings. The van der Waals surface area contributed by atoms with Crippen molar-refractivity contribution in [3.63, 3.8) is 0 Å². The predicted molar refractivity (Wildman–Crippen MR) is 132 cm³/mol. The highest BCUT2D eigenvalue weighted by molar-refractivity contribution is 7.80. The fraction of sp³-hybridized carbons (Fsp3) is 0.545. The molecule has 1 aromatic rings. The van der Waals surface area contributed by atoms with Crippen LogP contribution in [0, 0.1) is 5.41 Å². The molecule has 4 heterocycles. The Kier molecular flexibility index (Phi) is 10.2. The van der Waals surface area contributed by atoms with Gasteiger partial charge in [0.15, 0.2) is 5.11 Å². The fourth-order valence-electron chi connectivity index (χ4n) is 3.70. The van der Waals surface area contributed by atoms with Crippen molar-refractivity contribution in [1.29, 1.82) is 5.41 Å². The third-order valence-electron chi connectivity index (χ3n) is 5.37. The molecule has 2 saturated heterocycles. The van der Waals surface area contributed by atoms with Crippen LogP contribution in [0.4, 0.5) is 0 Å². The zero-order chi connectivity index (χ0) is 22.8. The van der Waals surface area contributed by atoms with E-state index in [1.165, 1.54) is 5.56 Å². The highest BCUT2D eigenvalue weighted by atomic mass is 32.1. The maximum atomic E-state index is 9.48. The number of fused-ring (bicyclic) bond motifs is 1. The summed E-state index contributed by atoms with van der Waals surface area (Å²) < 4.78 is 0. The molecule has 2 atom stereocenters. The smallest absolute Gasteiger partial charge is 0.166 e. The summed E-state index contributed by atoms with van der Waals surface area (Å²) in [6.07, 6.45) is 7.53. The molecule has 0 aromatic carbocycles. The largest absolute Gasteiger partial charge is 0.379 e. The Balaban J connectivity index is 0.000000293. The molecule has 3 aliphatic heterocycles. The molecule has 0 radical (unpaired) electrons. The maximum absolute atomic E-state index is 9.48. The summed E-state index contributed by atoms with van der Waals surface area (Å²) in [6, 6.07) is 4.14. The summed E-state index contributed by atoms with van der Waals surface area (Å²) in [4.78, 5) is 14.5. The molecule has 4 rings (SSSR count). The average molecular weight is 448 g/mol. The average Bonchev–Trinajstić information content (AvgIpc) is 3.28. The van der Waals surface area contributed by atoms with Gasteiger partial charge in [-0.25, -0.2) is 0 Å². The van der Waals surface area contributed by atoms with E-state index in [2.05, 4.69) is 31.9 Å². The van der Waals surface area contributed by atoms with Gasteiger partial charge in [0.05, 0.1) is 17.5 Å². The number of nitrogens with two attached hydrogens (primary N) is 1. The van der Waals surface area contributed by atoms with Crippen LogP contribution >= 0.6 is 12.2 Å². The first-order valence-corrected chi connectivity index (χ1v) is 11.3. The van der Waals surface area contributed by atoms with Crippen LogP contribution in [0.2, 0.25) is 0 Å². The van der Waals surface area contributed by atoms with Crippen molar-refractivity contribution in [2.45, 2.75) is 46.0 Å². The van der Waals surface area contributed by atoms with E-state index in [1.807, 2.05) is 37.2 Å². The molecule has 0 bridgehead atoms. The zero-order valence-electron chi connectivity index (χ0n) is 18.7. The number of aromatic nitrogens is 1. The van der Waals surface area contributed by atoms with Gasteiger partial charge in [0.1, 0.15) is 6.23 Å². The number of thiocarbonyl (C=S) groups is 1. The first kappa shape index (κ1) is 25.1. The van der Waals surface area contributed by atoms with Crippen molar-refractivity contribution >= 4 is 28.8 Å². The Hall–Kier alpha value is -2.20. The van der Waals surface area contributed by atoms with E-state index in [0.29, 0.717) is 17.2 Å². The third kappa shape index (κ3) is 7.17. The van der Waals surface area contributed by atoms with E-state index in [0.717, 1.165) is 45.0 Å². The standard InChI is InChI=1S/C11H16N4S.C9H13N3O.C2H6.H2/c12-11(16)15-7-5-14(6-8-15)9-10-1-3-13-4-2-10;1-6(13)12-5-3-7(10)9-8(12)2-4-11-9;1-2;/h1-4H,5-9H2,(H2,12,16);2,4,6,8,10,13H,3,5H2,1H3;1-2H3;1H. The first-order valence-electron chi connectivity index (χ1n) is 10.9. The molecular formula is C22H37N7OS. The van der Waals surface area contributed by atoms with Gasteiger partial charge in [0.2, 0.25) is 0 Å². The zero-order valence-corrected chi connectivity index (χ0v) is 19.6. The van der Waals surface area contributed by atoms with E-state index in [4.69, 9.17) is 23.4 Å². The van der Waals surface area contributed by atoms with Crippen LogP contribution in [0.5, 0.6) is 0 Å². The minimum atomic E-state index is -0.467. The van der Waals surface area contributed by atoms with Crippen LogP contribution in [0.1, 0.15) is 34.2 Å². The quantitative estimate of drug-likeness (QED) is 0.610. The number of piperidine rings is 1. The number of nitrogens with zero attached hydrogens (tertiary/aromatic N) is 5. The second kappa shape index (κ2) is 12.6. The molecule has 8 nitrogen and oxygen atoms in total. The van der Waals surface area contributed by atoms with Crippen molar-refractivity contribution in [3.8, 4) is 0 Å². The number of piperazine rings is 1. The number of rotatable bonds is 3. The van der Waals surface area contributed by atoms with Gasteiger partial charge in [-0.2, -0.15) is 0 Å². The number of pyridine rings is 1. The van der Waals surface area contributed by atoms with E-state index in [9.17, 15) is 5.11 Å². The topological polar surface area (TPSA) is 105 Å². The third-order valence-corrected chi connectivity index (χ3v) is 5.63. The monoisotopic (exact) mass is 447 g/mol. The number of hydrogen-bond acceptors (Lipinski definition) is 7. The van der Waals surface area contributed by atoms with Gasteiger partial charge in [-0.15, -0.1) is 0 Å². The van der Waals surface area contributed by atoms with Gasteiger partial charge in [-0.3, -0.25) is 19.8 Å². The minimum absolute atomic E-state index is 0. The number of aliphatic hydroxyl groups excluding tert-OH is 1. The lowest BCUT2D eigenvalue weighted by Gasteiger charge is -2.35. The van der Waals surface area contributed by atoms with Gasteiger partial charge in [-0.1, -0.05) is 13.8 Å². The van der Waals surface area contributed by atoms with Gasteiger partial charge in [-0.05, 0) is 42.9 Å². The Morgan fingerprint density at radius 3 is 2.48 bits per heavy atom. The van der Waals surface area contributed by atoms with E-state index < -0.39 is 6.23 Å². The van der Waals surface area contributed by atoms with Crippen molar-refractivity contribution in [3.05, 3.63) is 42.4 Å². The molecule has 2 fully saturated rings. The lowest BCUT2D eigenvalue weighted by Crippen LogP contribution is -2.51. The minimum Gasteiger partial charge on any atom is -0.379 e. The highest BCUT2D eigenvalue weighted by Crippen LogP contribution is 2.19. The highest BCUT2D eigenvalue weighted by Gasteiger charge is 2.33. The SMILES string of the molecule is CC.CC(O)N1CCC(=N)C2=NC=CC21.NC(=S)N1CCN(Cc2ccncc2)CC1.[HH]. The van der Waals surface area contributed by atoms with Crippen LogP contribution in [-0.4, -0.2) is 86.3 Å². The molecule has 9 heteroatoms. The Bertz CT molecular complexity index is 780.